The molecule has 1 N–H and O–H groups in total. The molecule has 0 aliphatic carbocycles. The van der Waals surface area contributed by atoms with Crippen LogP contribution in [0.15, 0.2) is 23.7 Å². The van der Waals surface area contributed by atoms with E-state index in [9.17, 15) is 0 Å². The molecule has 0 aromatic carbocycles. The molecule has 2 nitrogen and oxygen atoms in total. The molecular weight excluding hydrogens is 144 g/mol. The number of hydrogen-bond acceptors (Lipinski definition) is 3. The Morgan fingerprint density at radius 2 is 2.50 bits per heavy atom. The van der Waals surface area contributed by atoms with Crippen LogP contribution in [0.3, 0.4) is 0 Å². The lowest BCUT2D eigenvalue weighted by Gasteiger charge is -2.08. The van der Waals surface area contributed by atoms with E-state index in [0.717, 1.165) is 11.4 Å². The van der Waals surface area contributed by atoms with Crippen LogP contribution in [0, 0.1) is 0 Å². The molecule has 0 saturated carbocycles. The first-order valence-corrected chi connectivity index (χ1v) is 3.88. The minimum Gasteiger partial charge on any atom is -0.310 e. The minimum atomic E-state index is 0.954. The molecule has 3 heteroatoms. The number of fused-ring (bicyclic) bond motifs is 1. The second-order valence-corrected chi connectivity index (χ2v) is 2.68. The fourth-order valence-electron chi connectivity index (χ4n) is 0.835. The first kappa shape index (κ1) is 5.80. The van der Waals surface area contributed by atoms with Crippen molar-refractivity contribution in [2.75, 3.05) is 4.72 Å². The number of rotatable bonds is 0. The van der Waals surface area contributed by atoms with Crippen molar-refractivity contribution in [1.82, 2.24) is 4.98 Å². The maximum absolute atomic E-state index is 4.14. The van der Waals surface area contributed by atoms with Gasteiger partial charge in [0.05, 0.1) is 0 Å². The van der Waals surface area contributed by atoms with E-state index in [4.69, 9.17) is 0 Å². The molecular formula is C7H6N2S. The van der Waals surface area contributed by atoms with Crippen molar-refractivity contribution < 1.29 is 0 Å². The molecule has 10 heavy (non-hydrogen) atoms. The number of anilines is 1. The Morgan fingerprint density at radius 1 is 1.50 bits per heavy atom. The summed E-state index contributed by atoms with van der Waals surface area (Å²) in [6.45, 7) is 0. The molecule has 0 bridgehead atoms. The van der Waals surface area contributed by atoms with E-state index in [1.54, 1.807) is 18.1 Å². The molecule has 0 fully saturated rings. The van der Waals surface area contributed by atoms with E-state index in [0.29, 0.717) is 0 Å². The molecule has 0 spiro atoms. The SMILES string of the molecule is C1=Cc2cccnc2NS1. The summed E-state index contributed by atoms with van der Waals surface area (Å²) in [7, 11) is 0. The van der Waals surface area contributed by atoms with Gasteiger partial charge in [0, 0.05) is 11.8 Å². The van der Waals surface area contributed by atoms with Crippen molar-refractivity contribution >= 4 is 23.8 Å². The van der Waals surface area contributed by atoms with Crippen LogP contribution in [0.2, 0.25) is 0 Å². The second-order valence-electron chi connectivity index (χ2n) is 1.96. The van der Waals surface area contributed by atoms with Crippen molar-refractivity contribution in [3.63, 3.8) is 0 Å². The molecule has 0 atom stereocenters. The first-order valence-electron chi connectivity index (χ1n) is 3.00. The van der Waals surface area contributed by atoms with Crippen molar-refractivity contribution in [1.29, 1.82) is 0 Å². The van der Waals surface area contributed by atoms with Crippen LogP contribution < -0.4 is 4.72 Å². The molecule has 2 heterocycles. The highest BCUT2D eigenvalue weighted by atomic mass is 32.2. The van der Waals surface area contributed by atoms with Gasteiger partial charge in [0.2, 0.25) is 0 Å². The molecule has 1 aromatic heterocycles. The molecule has 0 amide bonds. The van der Waals surface area contributed by atoms with Crippen LogP contribution >= 0.6 is 11.9 Å². The summed E-state index contributed by atoms with van der Waals surface area (Å²) in [6.07, 6.45) is 3.83. The fraction of sp³-hybridized carbons (Fsp3) is 0. The van der Waals surface area contributed by atoms with Crippen LogP contribution in [0.4, 0.5) is 5.82 Å². The summed E-state index contributed by atoms with van der Waals surface area (Å²) < 4.78 is 3.08. The van der Waals surface area contributed by atoms with Gasteiger partial charge in [0.25, 0.3) is 0 Å². The molecule has 0 saturated heterocycles. The summed E-state index contributed by atoms with van der Waals surface area (Å²) in [6, 6.07) is 3.96. The van der Waals surface area contributed by atoms with Gasteiger partial charge in [-0.05, 0) is 35.6 Å². The molecule has 0 unspecified atom stereocenters. The van der Waals surface area contributed by atoms with Crippen LogP contribution in [0.5, 0.6) is 0 Å². The van der Waals surface area contributed by atoms with Gasteiger partial charge in [0.15, 0.2) is 0 Å². The summed E-state index contributed by atoms with van der Waals surface area (Å²) in [5, 5.41) is 2.00. The normalized spacial score (nSPS) is 14.0. The largest absolute Gasteiger partial charge is 0.310 e. The summed E-state index contributed by atoms with van der Waals surface area (Å²) in [4.78, 5) is 4.14. The standard InChI is InChI=1S/C7H6N2S/c1-2-6-3-5-10-9-7(6)8-4-1/h1-5H,(H,8,9). The lowest BCUT2D eigenvalue weighted by Crippen LogP contribution is -1.94. The van der Waals surface area contributed by atoms with E-state index in [-0.39, 0.29) is 0 Å². The molecule has 1 aliphatic rings. The van der Waals surface area contributed by atoms with Crippen molar-refractivity contribution in [3.05, 3.63) is 29.3 Å². The smallest absolute Gasteiger partial charge is 0.143 e. The number of nitrogens with one attached hydrogen (secondary N) is 1. The maximum atomic E-state index is 4.14. The lowest BCUT2D eigenvalue weighted by atomic mass is 10.2. The van der Waals surface area contributed by atoms with Crippen molar-refractivity contribution in [2.24, 2.45) is 0 Å². The topological polar surface area (TPSA) is 24.9 Å². The zero-order valence-corrected chi connectivity index (χ0v) is 6.06. The van der Waals surface area contributed by atoms with E-state index < -0.39 is 0 Å². The zero-order chi connectivity index (χ0) is 6.81. The lowest BCUT2D eigenvalue weighted by molar-refractivity contribution is 1.32. The monoisotopic (exact) mass is 150 g/mol. The number of aromatic nitrogens is 1. The Balaban J connectivity index is 2.54. The highest BCUT2D eigenvalue weighted by Gasteiger charge is 2.01. The second kappa shape index (κ2) is 2.34. The average molecular weight is 150 g/mol. The third-order valence-corrected chi connectivity index (χ3v) is 1.89. The van der Waals surface area contributed by atoms with Gasteiger partial charge in [0.1, 0.15) is 5.82 Å². The molecule has 2 rings (SSSR count). The van der Waals surface area contributed by atoms with Crippen LogP contribution in [-0.4, -0.2) is 4.98 Å². The van der Waals surface area contributed by atoms with E-state index >= 15 is 0 Å². The number of nitrogens with zero attached hydrogens (tertiary/aromatic N) is 1. The van der Waals surface area contributed by atoms with Crippen molar-refractivity contribution in [3.8, 4) is 0 Å². The number of hydrogen-bond donors (Lipinski definition) is 1. The van der Waals surface area contributed by atoms with Gasteiger partial charge in [-0.2, -0.15) is 0 Å². The fourth-order valence-corrected chi connectivity index (χ4v) is 1.40. The first-order chi connectivity index (χ1) is 4.97. The van der Waals surface area contributed by atoms with E-state index in [1.165, 1.54) is 0 Å². The van der Waals surface area contributed by atoms with Gasteiger partial charge in [-0.1, -0.05) is 0 Å². The van der Waals surface area contributed by atoms with Gasteiger partial charge in [-0.25, -0.2) is 4.98 Å². The van der Waals surface area contributed by atoms with Crippen molar-refractivity contribution in [2.45, 2.75) is 0 Å². The Bertz CT molecular complexity index is 270. The predicted octanol–water partition coefficient (Wildman–Crippen LogP) is 2.13. The highest BCUT2D eigenvalue weighted by molar-refractivity contribution is 8.03. The summed E-state index contributed by atoms with van der Waals surface area (Å²) in [5.41, 5.74) is 1.15. The molecule has 0 radical (unpaired) electrons. The minimum absolute atomic E-state index is 0.954. The average Bonchev–Trinajstić information content (AvgIpc) is 2.05. The Morgan fingerprint density at radius 3 is 3.40 bits per heavy atom. The van der Waals surface area contributed by atoms with Crippen LogP contribution in [0.1, 0.15) is 5.56 Å². The quantitative estimate of drug-likeness (QED) is 0.573. The summed E-state index contributed by atoms with van der Waals surface area (Å²) >= 11 is 1.54. The third-order valence-electron chi connectivity index (χ3n) is 1.31. The predicted molar refractivity (Wildman–Crippen MR) is 44.5 cm³/mol. The van der Waals surface area contributed by atoms with E-state index in [1.807, 2.05) is 23.6 Å². The molecule has 1 aliphatic heterocycles. The molecule has 1 aromatic rings. The van der Waals surface area contributed by atoms with Crippen LogP contribution in [-0.2, 0) is 0 Å². The zero-order valence-electron chi connectivity index (χ0n) is 5.24. The Labute approximate surface area is 63.5 Å². The maximum Gasteiger partial charge on any atom is 0.143 e. The Hall–Kier alpha value is -0.960. The highest BCUT2D eigenvalue weighted by Crippen LogP contribution is 2.23. The van der Waals surface area contributed by atoms with Crippen LogP contribution in [0.25, 0.3) is 6.08 Å². The van der Waals surface area contributed by atoms with Gasteiger partial charge >= 0.3 is 0 Å². The number of pyridine rings is 1. The van der Waals surface area contributed by atoms with Gasteiger partial charge in [-0.15, -0.1) is 0 Å². The summed E-state index contributed by atoms with van der Waals surface area (Å²) in [5.74, 6) is 0.954. The molecule has 50 valence electrons. The van der Waals surface area contributed by atoms with Gasteiger partial charge in [-0.3, -0.25) is 0 Å². The van der Waals surface area contributed by atoms with E-state index in [2.05, 4.69) is 9.71 Å². The third kappa shape index (κ3) is 0.885. The van der Waals surface area contributed by atoms with Gasteiger partial charge < -0.3 is 4.72 Å². The Kier molecular flexibility index (Phi) is 1.36.